The van der Waals surface area contributed by atoms with Crippen molar-refractivity contribution in [2.45, 2.75) is 0 Å². The summed E-state index contributed by atoms with van der Waals surface area (Å²) in [6.07, 6.45) is 1.68. The molecule has 0 radical (unpaired) electrons. The average Bonchev–Trinajstić information content (AvgIpc) is 3.06. The molecule has 4 aromatic rings. The van der Waals surface area contributed by atoms with Crippen molar-refractivity contribution in [1.29, 1.82) is 0 Å². The lowest BCUT2D eigenvalue weighted by Crippen LogP contribution is -2.08. The van der Waals surface area contributed by atoms with Gasteiger partial charge in [-0.05, 0) is 42.5 Å². The van der Waals surface area contributed by atoms with E-state index in [0.717, 1.165) is 20.2 Å². The Morgan fingerprint density at radius 1 is 1.00 bits per heavy atom. The molecule has 6 heteroatoms. The van der Waals surface area contributed by atoms with Gasteiger partial charge in [-0.15, -0.1) is 11.3 Å². The number of fused-ring (bicyclic) bond motifs is 1. The van der Waals surface area contributed by atoms with Crippen molar-refractivity contribution in [3.8, 4) is 5.75 Å². The summed E-state index contributed by atoms with van der Waals surface area (Å²) in [5, 5.41) is 1.28. The third kappa shape index (κ3) is 4.02. The van der Waals surface area contributed by atoms with Crippen molar-refractivity contribution >= 4 is 66.8 Å². The van der Waals surface area contributed by atoms with Gasteiger partial charge in [0.15, 0.2) is 0 Å². The molecule has 0 saturated carbocycles. The van der Waals surface area contributed by atoms with Crippen LogP contribution in [-0.2, 0) is 0 Å². The Morgan fingerprint density at radius 3 is 2.50 bits per heavy atom. The monoisotopic (exact) mass is 469 g/mol. The minimum Gasteiger partial charge on any atom is -0.422 e. The molecule has 0 aliphatic carbocycles. The van der Waals surface area contributed by atoms with Crippen LogP contribution in [-0.4, -0.2) is 12.2 Å². The molecule has 138 valence electrons. The third-order valence-electron chi connectivity index (χ3n) is 4.02. The van der Waals surface area contributed by atoms with E-state index in [2.05, 4.69) is 20.9 Å². The van der Waals surface area contributed by atoms with Gasteiger partial charge in [-0.25, -0.2) is 4.79 Å². The fraction of sp³-hybridized carbons (Fsp3) is 0. The first kappa shape index (κ1) is 18.9. The van der Waals surface area contributed by atoms with Crippen molar-refractivity contribution in [2.75, 3.05) is 0 Å². The summed E-state index contributed by atoms with van der Waals surface area (Å²) in [6, 6.07) is 22.5. The first-order valence-electron chi connectivity index (χ1n) is 8.40. The highest BCUT2D eigenvalue weighted by atomic mass is 79.9. The van der Waals surface area contributed by atoms with E-state index in [1.54, 1.807) is 12.3 Å². The fourth-order valence-corrected chi connectivity index (χ4v) is 4.29. The number of hydrogen-bond donors (Lipinski definition) is 0. The number of carbonyl (C=O) groups excluding carboxylic acids is 1. The standard InChI is InChI=1S/C22H13BrClNO2S/c23-15-9-11-16(12-10-15)25-13-14-5-1-3-7-18(14)27-22(26)21-20(24)17-6-2-4-8-19(17)28-21/h1-13H. The highest BCUT2D eigenvalue weighted by Gasteiger charge is 2.19. The zero-order valence-electron chi connectivity index (χ0n) is 14.4. The topological polar surface area (TPSA) is 38.7 Å². The molecule has 1 aromatic heterocycles. The number of halogens is 2. The predicted molar refractivity (Wildman–Crippen MR) is 120 cm³/mol. The van der Waals surface area contributed by atoms with E-state index < -0.39 is 5.97 Å². The summed E-state index contributed by atoms with van der Waals surface area (Å²) in [6.45, 7) is 0. The molecule has 0 spiro atoms. The maximum atomic E-state index is 12.7. The maximum absolute atomic E-state index is 12.7. The van der Waals surface area contributed by atoms with E-state index in [1.165, 1.54) is 11.3 Å². The number of esters is 1. The van der Waals surface area contributed by atoms with Gasteiger partial charge in [0.25, 0.3) is 0 Å². The van der Waals surface area contributed by atoms with E-state index in [1.807, 2.05) is 66.7 Å². The number of para-hydroxylation sites is 1. The summed E-state index contributed by atoms with van der Waals surface area (Å²) >= 11 is 11.1. The average molecular weight is 471 g/mol. The molecular formula is C22H13BrClNO2S. The number of benzene rings is 3. The van der Waals surface area contributed by atoms with Crippen molar-refractivity contribution in [2.24, 2.45) is 4.99 Å². The highest BCUT2D eigenvalue weighted by Crippen LogP contribution is 2.36. The van der Waals surface area contributed by atoms with Crippen LogP contribution in [0, 0.1) is 0 Å². The maximum Gasteiger partial charge on any atom is 0.355 e. The molecule has 28 heavy (non-hydrogen) atoms. The van der Waals surface area contributed by atoms with Gasteiger partial charge >= 0.3 is 5.97 Å². The summed E-state index contributed by atoms with van der Waals surface area (Å²) in [5.74, 6) is -0.0439. The van der Waals surface area contributed by atoms with Gasteiger partial charge in [-0.1, -0.05) is 57.9 Å². The van der Waals surface area contributed by atoms with Gasteiger partial charge < -0.3 is 4.74 Å². The molecule has 3 aromatic carbocycles. The minimum absolute atomic E-state index is 0.391. The lowest BCUT2D eigenvalue weighted by Gasteiger charge is -2.06. The van der Waals surface area contributed by atoms with Crippen molar-refractivity contribution < 1.29 is 9.53 Å². The SMILES string of the molecule is O=C(Oc1ccccc1C=Nc1ccc(Br)cc1)c1sc2ccccc2c1Cl. The molecule has 1 heterocycles. The van der Waals surface area contributed by atoms with Crippen LogP contribution >= 0.6 is 38.9 Å². The number of carbonyl (C=O) groups is 1. The molecule has 0 bridgehead atoms. The lowest BCUT2D eigenvalue weighted by molar-refractivity contribution is 0.0740. The molecular weight excluding hydrogens is 458 g/mol. The summed E-state index contributed by atoms with van der Waals surface area (Å²) in [5.41, 5.74) is 1.51. The number of aliphatic imine (C=N–C) groups is 1. The Morgan fingerprint density at radius 2 is 1.71 bits per heavy atom. The first-order valence-corrected chi connectivity index (χ1v) is 10.4. The molecule has 0 unspecified atom stereocenters. The smallest absolute Gasteiger partial charge is 0.355 e. The number of nitrogens with zero attached hydrogens (tertiary/aromatic N) is 1. The minimum atomic E-state index is -0.476. The van der Waals surface area contributed by atoms with E-state index in [-0.39, 0.29) is 0 Å². The van der Waals surface area contributed by atoms with Crippen molar-refractivity contribution in [3.63, 3.8) is 0 Å². The van der Waals surface area contributed by atoms with E-state index >= 15 is 0 Å². The Bertz CT molecular complexity index is 1180. The van der Waals surface area contributed by atoms with Gasteiger partial charge in [0.2, 0.25) is 0 Å². The van der Waals surface area contributed by atoms with Gasteiger partial charge in [0, 0.05) is 26.3 Å². The molecule has 4 rings (SSSR count). The van der Waals surface area contributed by atoms with Crippen LogP contribution in [0.3, 0.4) is 0 Å². The van der Waals surface area contributed by atoms with Crippen LogP contribution in [0.2, 0.25) is 5.02 Å². The fourth-order valence-electron chi connectivity index (χ4n) is 2.64. The van der Waals surface area contributed by atoms with Crippen molar-refractivity contribution in [3.05, 3.63) is 92.7 Å². The zero-order chi connectivity index (χ0) is 19.5. The second-order valence-corrected chi connectivity index (χ2v) is 8.25. The number of thiophene rings is 1. The van der Waals surface area contributed by atoms with Crippen LogP contribution in [0.1, 0.15) is 15.2 Å². The van der Waals surface area contributed by atoms with E-state index in [4.69, 9.17) is 16.3 Å². The zero-order valence-corrected chi connectivity index (χ0v) is 17.6. The quantitative estimate of drug-likeness (QED) is 0.178. The highest BCUT2D eigenvalue weighted by molar-refractivity contribution is 9.10. The van der Waals surface area contributed by atoms with Gasteiger partial charge in [0.05, 0.1) is 10.7 Å². The Labute approximate surface area is 179 Å². The van der Waals surface area contributed by atoms with Crippen LogP contribution in [0.15, 0.2) is 82.3 Å². The van der Waals surface area contributed by atoms with Gasteiger partial charge in [-0.2, -0.15) is 0 Å². The molecule has 0 amide bonds. The molecule has 0 aliphatic heterocycles. The third-order valence-corrected chi connectivity index (χ3v) is 6.21. The normalized spacial score (nSPS) is 11.2. The summed E-state index contributed by atoms with van der Waals surface area (Å²) in [7, 11) is 0. The Hall–Kier alpha value is -2.47. The molecule has 0 fully saturated rings. The van der Waals surface area contributed by atoms with E-state index in [9.17, 15) is 4.79 Å². The number of ether oxygens (including phenoxy) is 1. The van der Waals surface area contributed by atoms with Crippen LogP contribution < -0.4 is 4.74 Å². The molecule has 0 saturated heterocycles. The first-order chi connectivity index (χ1) is 13.6. The lowest BCUT2D eigenvalue weighted by atomic mass is 10.2. The summed E-state index contributed by atoms with van der Waals surface area (Å²) < 4.78 is 7.57. The second-order valence-electron chi connectivity index (χ2n) is 5.90. The van der Waals surface area contributed by atoms with Crippen LogP contribution in [0.4, 0.5) is 5.69 Å². The molecule has 0 aliphatic rings. The summed E-state index contributed by atoms with van der Waals surface area (Å²) in [4.78, 5) is 17.6. The molecule has 0 N–H and O–H groups in total. The molecule has 0 atom stereocenters. The Balaban J connectivity index is 1.60. The number of hydrogen-bond acceptors (Lipinski definition) is 4. The molecule has 3 nitrogen and oxygen atoms in total. The second kappa shape index (κ2) is 8.27. The largest absolute Gasteiger partial charge is 0.422 e. The van der Waals surface area contributed by atoms with Gasteiger partial charge in [-0.3, -0.25) is 4.99 Å². The van der Waals surface area contributed by atoms with Crippen LogP contribution in [0.25, 0.3) is 10.1 Å². The van der Waals surface area contributed by atoms with E-state index in [0.29, 0.717) is 21.2 Å². The van der Waals surface area contributed by atoms with Crippen molar-refractivity contribution in [1.82, 2.24) is 0 Å². The predicted octanol–water partition coefficient (Wildman–Crippen LogP) is 7.29. The van der Waals surface area contributed by atoms with Gasteiger partial charge in [0.1, 0.15) is 10.6 Å². The Kier molecular flexibility index (Phi) is 5.57. The van der Waals surface area contributed by atoms with Crippen LogP contribution in [0.5, 0.6) is 5.75 Å². The number of rotatable bonds is 4.